The fourth-order valence-electron chi connectivity index (χ4n) is 1.99. The maximum Gasteiger partial charge on any atom is 0.146 e. The third kappa shape index (κ3) is 2.89. The van der Waals surface area contributed by atoms with Crippen molar-refractivity contribution in [2.24, 2.45) is 0 Å². The van der Waals surface area contributed by atoms with Crippen molar-refractivity contribution in [2.45, 2.75) is 0 Å². The predicted octanol–water partition coefficient (Wildman–Crippen LogP) is 5.30. The first kappa shape index (κ1) is 12.9. The van der Waals surface area contributed by atoms with Crippen LogP contribution in [0, 0.1) is 0 Å². The van der Waals surface area contributed by atoms with Crippen molar-refractivity contribution >= 4 is 15.9 Å². The molecule has 0 saturated carbocycles. The van der Waals surface area contributed by atoms with Crippen molar-refractivity contribution in [1.82, 2.24) is 4.98 Å². The number of ether oxygens (including phenoxy) is 1. The minimum absolute atomic E-state index is 0.711. The molecule has 0 bridgehead atoms. The molecule has 0 saturated heterocycles. The highest BCUT2D eigenvalue weighted by Crippen LogP contribution is 2.33. The van der Waals surface area contributed by atoms with Gasteiger partial charge >= 0.3 is 0 Å². The van der Waals surface area contributed by atoms with Crippen molar-refractivity contribution in [1.29, 1.82) is 0 Å². The summed E-state index contributed by atoms with van der Waals surface area (Å²) in [5, 5.41) is 0. The lowest BCUT2D eigenvalue weighted by molar-refractivity contribution is 0.481. The zero-order valence-electron chi connectivity index (χ0n) is 10.7. The lowest BCUT2D eigenvalue weighted by Crippen LogP contribution is -1.88. The van der Waals surface area contributed by atoms with Gasteiger partial charge in [0.25, 0.3) is 0 Å². The lowest BCUT2D eigenvalue weighted by Gasteiger charge is -2.11. The highest BCUT2D eigenvalue weighted by molar-refractivity contribution is 9.10. The quantitative estimate of drug-likeness (QED) is 0.651. The van der Waals surface area contributed by atoms with Crippen LogP contribution in [0.5, 0.6) is 11.5 Å². The average Bonchev–Trinajstić information content (AvgIpc) is 2.49. The van der Waals surface area contributed by atoms with E-state index >= 15 is 0 Å². The Kier molecular flexibility index (Phi) is 3.79. The van der Waals surface area contributed by atoms with Gasteiger partial charge in [0.15, 0.2) is 0 Å². The molecular weight excluding hydrogens is 314 g/mol. The number of para-hydroxylation sites is 1. The van der Waals surface area contributed by atoms with Crippen molar-refractivity contribution < 1.29 is 4.74 Å². The standard InChI is InChI=1S/C17H12BrNO/c18-14-10-15(12-19-11-14)20-17-9-5-4-8-16(17)13-6-2-1-3-7-13/h1-12H. The number of hydrogen-bond donors (Lipinski definition) is 0. The van der Waals surface area contributed by atoms with E-state index in [0.717, 1.165) is 21.3 Å². The lowest BCUT2D eigenvalue weighted by atomic mass is 10.1. The maximum atomic E-state index is 5.95. The van der Waals surface area contributed by atoms with Crippen molar-refractivity contribution in [3.8, 4) is 22.6 Å². The van der Waals surface area contributed by atoms with E-state index in [1.807, 2.05) is 42.5 Å². The SMILES string of the molecule is Brc1cncc(Oc2ccccc2-c2ccccc2)c1. The van der Waals surface area contributed by atoms with E-state index in [-0.39, 0.29) is 0 Å². The normalized spacial score (nSPS) is 10.2. The van der Waals surface area contributed by atoms with Crippen molar-refractivity contribution in [3.05, 3.63) is 77.5 Å². The molecule has 0 aliphatic carbocycles. The highest BCUT2D eigenvalue weighted by Gasteiger charge is 2.06. The molecule has 0 aliphatic rings. The summed E-state index contributed by atoms with van der Waals surface area (Å²) >= 11 is 3.40. The summed E-state index contributed by atoms with van der Waals surface area (Å²) in [4.78, 5) is 4.11. The Balaban J connectivity index is 1.99. The van der Waals surface area contributed by atoms with Crippen LogP contribution in [-0.2, 0) is 0 Å². The predicted molar refractivity (Wildman–Crippen MR) is 83.9 cm³/mol. The molecule has 3 heteroatoms. The fourth-order valence-corrected chi connectivity index (χ4v) is 2.33. The van der Waals surface area contributed by atoms with Crippen LogP contribution >= 0.6 is 15.9 Å². The molecule has 3 rings (SSSR count). The van der Waals surface area contributed by atoms with Crippen LogP contribution in [0.15, 0.2) is 77.5 Å². The molecule has 20 heavy (non-hydrogen) atoms. The maximum absolute atomic E-state index is 5.95. The molecule has 0 atom stereocenters. The first-order valence-corrected chi connectivity index (χ1v) is 7.05. The molecule has 0 aliphatic heterocycles. The van der Waals surface area contributed by atoms with E-state index in [1.165, 1.54) is 0 Å². The van der Waals surface area contributed by atoms with E-state index < -0.39 is 0 Å². The number of nitrogens with zero attached hydrogens (tertiary/aromatic N) is 1. The van der Waals surface area contributed by atoms with Gasteiger partial charge in [-0.05, 0) is 33.6 Å². The van der Waals surface area contributed by atoms with Gasteiger partial charge in [0, 0.05) is 16.2 Å². The molecule has 2 nitrogen and oxygen atoms in total. The topological polar surface area (TPSA) is 22.1 Å². The van der Waals surface area contributed by atoms with E-state index in [0.29, 0.717) is 5.75 Å². The zero-order chi connectivity index (χ0) is 13.8. The van der Waals surface area contributed by atoms with Crippen molar-refractivity contribution in [2.75, 3.05) is 0 Å². The molecule has 0 amide bonds. The van der Waals surface area contributed by atoms with Gasteiger partial charge in [-0.15, -0.1) is 0 Å². The second-order valence-electron chi connectivity index (χ2n) is 4.30. The smallest absolute Gasteiger partial charge is 0.146 e. The third-order valence-electron chi connectivity index (χ3n) is 2.88. The highest BCUT2D eigenvalue weighted by atomic mass is 79.9. The van der Waals surface area contributed by atoms with Crippen LogP contribution in [0.2, 0.25) is 0 Å². The van der Waals surface area contributed by atoms with E-state index in [2.05, 4.69) is 39.1 Å². The van der Waals surface area contributed by atoms with E-state index in [1.54, 1.807) is 12.4 Å². The molecule has 0 radical (unpaired) electrons. The molecule has 98 valence electrons. The number of rotatable bonds is 3. The van der Waals surface area contributed by atoms with Crippen LogP contribution < -0.4 is 4.74 Å². The summed E-state index contributed by atoms with van der Waals surface area (Å²) in [5.41, 5.74) is 2.19. The minimum Gasteiger partial charge on any atom is -0.455 e. The second-order valence-corrected chi connectivity index (χ2v) is 5.22. The zero-order valence-corrected chi connectivity index (χ0v) is 12.2. The second kappa shape index (κ2) is 5.88. The molecule has 0 N–H and O–H groups in total. The summed E-state index contributed by atoms with van der Waals surface area (Å²) in [5.74, 6) is 1.53. The molecule has 1 aromatic heterocycles. The van der Waals surface area contributed by atoms with Crippen LogP contribution in [0.1, 0.15) is 0 Å². The summed E-state index contributed by atoms with van der Waals surface area (Å²) in [6, 6.07) is 20.1. The van der Waals surface area contributed by atoms with E-state index in [4.69, 9.17) is 4.74 Å². The summed E-state index contributed by atoms with van der Waals surface area (Å²) in [6.07, 6.45) is 3.43. The Hall–Kier alpha value is -2.13. The fraction of sp³-hybridized carbons (Fsp3) is 0. The molecule has 0 fully saturated rings. The molecular formula is C17H12BrNO. The summed E-state index contributed by atoms with van der Waals surface area (Å²) < 4.78 is 6.85. The van der Waals surface area contributed by atoms with Crippen LogP contribution in [-0.4, -0.2) is 4.98 Å². The third-order valence-corrected chi connectivity index (χ3v) is 3.31. The van der Waals surface area contributed by atoms with Gasteiger partial charge in [0.2, 0.25) is 0 Å². The van der Waals surface area contributed by atoms with Crippen LogP contribution in [0.3, 0.4) is 0 Å². The number of aromatic nitrogens is 1. The Morgan fingerprint density at radius 2 is 1.60 bits per heavy atom. The first-order chi connectivity index (χ1) is 9.83. The van der Waals surface area contributed by atoms with Gasteiger partial charge in [-0.3, -0.25) is 4.98 Å². The number of halogens is 1. The van der Waals surface area contributed by atoms with Gasteiger partial charge in [0.05, 0.1) is 6.20 Å². The number of benzene rings is 2. The largest absolute Gasteiger partial charge is 0.455 e. The molecule has 1 heterocycles. The van der Waals surface area contributed by atoms with Gasteiger partial charge in [-0.2, -0.15) is 0 Å². The Bertz CT molecular complexity index is 713. The molecule has 0 spiro atoms. The van der Waals surface area contributed by atoms with Gasteiger partial charge in [-0.1, -0.05) is 48.5 Å². The number of hydrogen-bond acceptors (Lipinski definition) is 2. The molecule has 0 unspecified atom stereocenters. The Morgan fingerprint density at radius 3 is 2.40 bits per heavy atom. The number of pyridine rings is 1. The Labute approximate surface area is 126 Å². The van der Waals surface area contributed by atoms with Crippen LogP contribution in [0.4, 0.5) is 0 Å². The first-order valence-electron chi connectivity index (χ1n) is 6.26. The Morgan fingerprint density at radius 1 is 0.850 bits per heavy atom. The van der Waals surface area contributed by atoms with Gasteiger partial charge < -0.3 is 4.74 Å². The molecule has 2 aromatic carbocycles. The average molecular weight is 326 g/mol. The summed E-state index contributed by atoms with van der Waals surface area (Å²) in [6.45, 7) is 0. The van der Waals surface area contributed by atoms with Crippen LogP contribution in [0.25, 0.3) is 11.1 Å². The molecule has 3 aromatic rings. The minimum atomic E-state index is 0.711. The van der Waals surface area contributed by atoms with Gasteiger partial charge in [0.1, 0.15) is 11.5 Å². The monoisotopic (exact) mass is 325 g/mol. The summed E-state index contributed by atoms with van der Waals surface area (Å²) in [7, 11) is 0. The van der Waals surface area contributed by atoms with Gasteiger partial charge in [-0.25, -0.2) is 0 Å². The van der Waals surface area contributed by atoms with Crippen molar-refractivity contribution in [3.63, 3.8) is 0 Å². The van der Waals surface area contributed by atoms with E-state index in [9.17, 15) is 0 Å².